The molecule has 0 bridgehead atoms. The Morgan fingerprint density at radius 3 is 1.07 bits per heavy atom. The van der Waals surface area contributed by atoms with Gasteiger partial charge in [-0.2, -0.15) is 0 Å². The minimum Gasteiger partial charge on any atom is -0.462 e. The average Bonchev–Trinajstić information content (AvgIpc) is 2.65. The molecule has 0 radical (unpaired) electrons. The number of carbonyl (C=O) groups excluding carboxylic acids is 3. The Labute approximate surface area is 173 Å². The van der Waals surface area contributed by atoms with E-state index in [-0.39, 0.29) is 19.8 Å². The van der Waals surface area contributed by atoms with Crippen molar-refractivity contribution in [2.45, 2.75) is 40.0 Å². The van der Waals surface area contributed by atoms with E-state index in [2.05, 4.69) is 19.7 Å². The smallest absolute Gasteiger partial charge is 0.333 e. The van der Waals surface area contributed by atoms with Gasteiger partial charge in [-0.05, 0) is 40.0 Å². The number of hydrogen-bond donors (Lipinski definition) is 0. The van der Waals surface area contributed by atoms with E-state index in [0.717, 1.165) is 0 Å². The molecule has 0 saturated carbocycles. The van der Waals surface area contributed by atoms with Crippen LogP contribution in [0.4, 0.5) is 0 Å². The van der Waals surface area contributed by atoms with Gasteiger partial charge in [-0.3, -0.25) is 0 Å². The van der Waals surface area contributed by atoms with Crippen LogP contribution in [0.3, 0.4) is 0 Å². The Morgan fingerprint density at radius 2 is 0.862 bits per heavy atom. The second kappa shape index (κ2) is 13.9. The molecule has 0 amide bonds. The first kappa shape index (κ1) is 26.9. The molecular formula is C21H33O7P. The number of ether oxygens (including phenoxy) is 3. The molecule has 0 aromatic carbocycles. The molecule has 0 atom stereocenters. The summed E-state index contributed by atoms with van der Waals surface area (Å²) in [5.74, 6) is -1.42. The normalized spacial score (nSPS) is 10.7. The maximum absolute atomic E-state index is 13.3. The van der Waals surface area contributed by atoms with E-state index >= 15 is 0 Å². The number of hydrogen-bond acceptors (Lipinski definition) is 7. The van der Waals surface area contributed by atoms with Crippen LogP contribution < -0.4 is 0 Å². The van der Waals surface area contributed by atoms with Crippen molar-refractivity contribution in [3.8, 4) is 0 Å². The van der Waals surface area contributed by atoms with E-state index in [1.807, 2.05) is 0 Å². The molecule has 0 saturated heterocycles. The molecule has 0 unspecified atom stereocenters. The SMILES string of the molecule is C=C(C)C(=O)OCCCP(=O)(CCCOC(=O)C(=C)C)CCCOC(=O)C(=C)C. The van der Waals surface area contributed by atoms with Gasteiger partial charge in [-0.15, -0.1) is 0 Å². The summed E-state index contributed by atoms with van der Waals surface area (Å²) >= 11 is 0. The highest BCUT2D eigenvalue weighted by Crippen LogP contribution is 2.47. The fourth-order valence-electron chi connectivity index (χ4n) is 2.26. The molecule has 7 nitrogen and oxygen atoms in total. The first-order chi connectivity index (χ1) is 13.5. The van der Waals surface area contributed by atoms with E-state index in [4.69, 9.17) is 14.2 Å². The van der Waals surface area contributed by atoms with Crippen molar-refractivity contribution in [2.24, 2.45) is 0 Å². The number of rotatable bonds is 15. The lowest BCUT2D eigenvalue weighted by atomic mass is 10.4. The van der Waals surface area contributed by atoms with Gasteiger partial charge in [0.05, 0.1) is 27.0 Å². The summed E-state index contributed by atoms with van der Waals surface area (Å²) < 4.78 is 28.4. The van der Waals surface area contributed by atoms with E-state index in [1.54, 1.807) is 20.8 Å². The van der Waals surface area contributed by atoms with Crippen LogP contribution in [0.2, 0.25) is 0 Å². The number of esters is 3. The predicted molar refractivity (Wildman–Crippen MR) is 113 cm³/mol. The summed E-state index contributed by atoms with van der Waals surface area (Å²) in [6, 6.07) is 0. The third kappa shape index (κ3) is 12.8. The zero-order valence-corrected chi connectivity index (χ0v) is 18.7. The van der Waals surface area contributed by atoms with Gasteiger partial charge in [0.15, 0.2) is 0 Å². The average molecular weight is 428 g/mol. The Balaban J connectivity index is 4.56. The Hall–Kier alpha value is -2.14. The first-order valence-corrected chi connectivity index (χ1v) is 11.8. The Bertz CT molecular complexity index is 588. The second-order valence-corrected chi connectivity index (χ2v) is 10.5. The summed E-state index contributed by atoms with van der Waals surface area (Å²) in [5, 5.41) is 0. The molecule has 8 heteroatoms. The molecule has 29 heavy (non-hydrogen) atoms. The maximum atomic E-state index is 13.3. The van der Waals surface area contributed by atoms with Crippen LogP contribution in [0.5, 0.6) is 0 Å². The third-order valence-electron chi connectivity index (χ3n) is 3.87. The third-order valence-corrected chi connectivity index (χ3v) is 7.27. The largest absolute Gasteiger partial charge is 0.462 e. The van der Waals surface area contributed by atoms with E-state index in [0.29, 0.717) is 54.5 Å². The van der Waals surface area contributed by atoms with Crippen molar-refractivity contribution in [1.82, 2.24) is 0 Å². The topological polar surface area (TPSA) is 96.0 Å². The van der Waals surface area contributed by atoms with Crippen LogP contribution in [-0.4, -0.2) is 56.2 Å². The van der Waals surface area contributed by atoms with Crippen LogP contribution in [-0.2, 0) is 33.2 Å². The Morgan fingerprint density at radius 1 is 0.621 bits per heavy atom. The molecule has 0 aliphatic heterocycles. The van der Waals surface area contributed by atoms with E-state index < -0.39 is 25.0 Å². The molecule has 0 aromatic rings. The van der Waals surface area contributed by atoms with Gasteiger partial charge in [0.25, 0.3) is 0 Å². The summed E-state index contributed by atoms with van der Waals surface area (Å²) in [5.41, 5.74) is 0.936. The van der Waals surface area contributed by atoms with Crippen molar-refractivity contribution in [3.05, 3.63) is 36.5 Å². The van der Waals surface area contributed by atoms with Crippen molar-refractivity contribution in [2.75, 3.05) is 38.3 Å². The van der Waals surface area contributed by atoms with Crippen LogP contribution in [0.25, 0.3) is 0 Å². The van der Waals surface area contributed by atoms with Crippen LogP contribution in [0.1, 0.15) is 40.0 Å². The van der Waals surface area contributed by atoms with Crippen molar-refractivity contribution in [1.29, 1.82) is 0 Å². The molecule has 0 aliphatic carbocycles. The van der Waals surface area contributed by atoms with E-state index in [1.165, 1.54) is 0 Å². The van der Waals surface area contributed by atoms with Crippen LogP contribution in [0.15, 0.2) is 36.5 Å². The Kier molecular flexibility index (Phi) is 12.9. The molecule has 0 N–H and O–H groups in total. The molecule has 0 rings (SSSR count). The fraction of sp³-hybridized carbons (Fsp3) is 0.571. The standard InChI is InChI=1S/C21H33O7P/c1-16(2)19(22)26-10-7-13-29(25,14-8-11-27-20(23)17(3)4)15-9-12-28-21(24)18(5)6/h1,3,5,7-15H2,2,4,6H3. The molecular weight excluding hydrogens is 395 g/mol. The predicted octanol–water partition coefficient (Wildman–Crippen LogP) is 3.88. The highest BCUT2D eigenvalue weighted by Gasteiger charge is 2.22. The lowest BCUT2D eigenvalue weighted by Crippen LogP contribution is -2.12. The zero-order chi connectivity index (χ0) is 22.4. The molecule has 164 valence electrons. The summed E-state index contributed by atoms with van der Waals surface area (Å²) in [4.78, 5) is 34.3. The van der Waals surface area contributed by atoms with Gasteiger partial charge >= 0.3 is 17.9 Å². The van der Waals surface area contributed by atoms with Gasteiger partial charge in [0.2, 0.25) is 0 Å². The quantitative estimate of drug-likeness (QED) is 0.128. The van der Waals surface area contributed by atoms with Crippen molar-refractivity contribution < 1.29 is 33.2 Å². The first-order valence-electron chi connectivity index (χ1n) is 9.53. The molecule has 0 aliphatic rings. The molecule has 0 heterocycles. The molecule has 0 spiro atoms. The number of carbonyl (C=O) groups is 3. The van der Waals surface area contributed by atoms with E-state index in [9.17, 15) is 18.9 Å². The fourth-order valence-corrected chi connectivity index (χ4v) is 5.04. The van der Waals surface area contributed by atoms with Crippen molar-refractivity contribution in [3.63, 3.8) is 0 Å². The summed E-state index contributed by atoms with van der Waals surface area (Å²) in [7, 11) is -2.61. The maximum Gasteiger partial charge on any atom is 0.333 e. The van der Waals surface area contributed by atoms with Crippen molar-refractivity contribution >= 4 is 25.0 Å². The summed E-state index contributed by atoms with van der Waals surface area (Å²) in [6.07, 6.45) is 2.52. The van der Waals surface area contributed by atoms with Gasteiger partial charge in [-0.1, -0.05) is 19.7 Å². The lowest BCUT2D eigenvalue weighted by Gasteiger charge is -2.18. The lowest BCUT2D eigenvalue weighted by molar-refractivity contribution is -0.139. The minimum atomic E-state index is -2.61. The summed E-state index contributed by atoms with van der Waals surface area (Å²) in [6.45, 7) is 15.7. The molecule has 0 aromatic heterocycles. The highest BCUT2D eigenvalue weighted by molar-refractivity contribution is 7.63. The van der Waals surface area contributed by atoms with Gasteiger partial charge in [-0.25, -0.2) is 14.4 Å². The van der Waals surface area contributed by atoms with Gasteiger partial charge in [0.1, 0.15) is 0 Å². The second-order valence-electron chi connectivity index (χ2n) is 7.04. The minimum absolute atomic E-state index is 0.158. The van der Waals surface area contributed by atoms with Gasteiger partial charge < -0.3 is 18.8 Å². The van der Waals surface area contributed by atoms with Crippen LogP contribution >= 0.6 is 7.14 Å². The van der Waals surface area contributed by atoms with Gasteiger partial charge in [0, 0.05) is 35.2 Å². The van der Waals surface area contributed by atoms with Crippen LogP contribution in [0, 0.1) is 0 Å². The zero-order valence-electron chi connectivity index (χ0n) is 17.8. The highest BCUT2D eigenvalue weighted by atomic mass is 31.2. The molecule has 0 fully saturated rings. The monoisotopic (exact) mass is 428 g/mol.